The molecule has 5 rings (SSSR count). The number of rotatable bonds is 9. The molecule has 0 spiro atoms. The molecule has 3 aromatic rings. The van der Waals surface area contributed by atoms with Crippen molar-refractivity contribution in [2.24, 2.45) is 5.92 Å². The summed E-state index contributed by atoms with van der Waals surface area (Å²) in [5, 5.41) is 1.67. The van der Waals surface area contributed by atoms with Crippen LogP contribution in [0.15, 0.2) is 72.8 Å². The minimum absolute atomic E-state index is 0.314. The van der Waals surface area contributed by atoms with Gasteiger partial charge in [-0.25, -0.2) is 9.96 Å². The van der Waals surface area contributed by atoms with E-state index >= 15 is 0 Å². The number of nitrogens with zero attached hydrogens (tertiary/aromatic N) is 2. The maximum Gasteiger partial charge on any atom is 0.266 e. The Kier molecular flexibility index (Phi) is 7.01. The molecule has 0 aromatic heterocycles. The summed E-state index contributed by atoms with van der Waals surface area (Å²) >= 11 is 0. The van der Waals surface area contributed by atoms with Gasteiger partial charge < -0.3 is 14.2 Å². The van der Waals surface area contributed by atoms with Gasteiger partial charge in [-0.15, -0.1) is 0 Å². The van der Waals surface area contributed by atoms with E-state index in [0.29, 0.717) is 29.5 Å². The van der Waals surface area contributed by atoms with Gasteiger partial charge in [0.2, 0.25) is 5.91 Å². The zero-order valence-corrected chi connectivity index (χ0v) is 21.1. The Bertz CT molecular complexity index is 1260. The number of unbranched alkanes of at least 4 members (excludes halogenated alkanes) is 1. The van der Waals surface area contributed by atoms with Crippen molar-refractivity contribution < 1.29 is 28.6 Å². The van der Waals surface area contributed by atoms with Gasteiger partial charge in [0.25, 0.3) is 5.91 Å². The van der Waals surface area contributed by atoms with Crippen LogP contribution in [0.1, 0.15) is 31.4 Å². The van der Waals surface area contributed by atoms with E-state index in [9.17, 15) is 9.59 Å². The first-order valence-electron chi connectivity index (χ1n) is 12.4. The predicted molar refractivity (Wildman–Crippen MR) is 139 cm³/mol. The van der Waals surface area contributed by atoms with E-state index in [1.807, 2.05) is 48.5 Å². The first-order valence-corrected chi connectivity index (χ1v) is 12.4. The standard InChI is InChI=1S/C29H30N2O6/c1-4-5-17-36-23-16-11-19(18-24(23)35-3)26-25-27(37-31(26)21-9-7-6-8-10-21)29(33)30(28(25)32)20-12-14-22(34-2)15-13-20/h6-16,18,25-27H,4-5,17H2,1-3H3/t25-,26+,27+/m1/s1. The topological polar surface area (TPSA) is 77.5 Å². The Morgan fingerprint density at radius 3 is 2.27 bits per heavy atom. The van der Waals surface area contributed by atoms with Crippen LogP contribution < -0.4 is 24.2 Å². The number of para-hydroxylation sites is 1. The Morgan fingerprint density at radius 2 is 1.59 bits per heavy atom. The number of imide groups is 1. The molecule has 0 radical (unpaired) electrons. The summed E-state index contributed by atoms with van der Waals surface area (Å²) in [6.45, 7) is 2.69. The molecule has 192 valence electrons. The molecular formula is C29H30N2O6. The molecule has 2 aliphatic heterocycles. The van der Waals surface area contributed by atoms with Crippen LogP contribution in [0.4, 0.5) is 11.4 Å². The van der Waals surface area contributed by atoms with Crippen molar-refractivity contribution in [3.63, 3.8) is 0 Å². The Balaban J connectivity index is 1.53. The molecule has 37 heavy (non-hydrogen) atoms. The number of hydrogen-bond donors (Lipinski definition) is 0. The molecule has 0 aliphatic carbocycles. The zero-order valence-electron chi connectivity index (χ0n) is 21.1. The Labute approximate surface area is 216 Å². The highest BCUT2D eigenvalue weighted by atomic mass is 16.7. The smallest absolute Gasteiger partial charge is 0.266 e. The van der Waals surface area contributed by atoms with E-state index in [2.05, 4.69) is 6.92 Å². The van der Waals surface area contributed by atoms with Gasteiger partial charge in [0.15, 0.2) is 17.6 Å². The number of methoxy groups -OCH3 is 2. The zero-order chi connectivity index (χ0) is 25.9. The molecule has 2 amide bonds. The number of carbonyl (C=O) groups excluding carboxylic acids is 2. The van der Waals surface area contributed by atoms with Crippen molar-refractivity contribution in [1.29, 1.82) is 0 Å². The quantitative estimate of drug-likeness (QED) is 0.303. The molecule has 0 bridgehead atoms. The van der Waals surface area contributed by atoms with Crippen molar-refractivity contribution in [2.45, 2.75) is 31.9 Å². The average molecular weight is 503 g/mol. The average Bonchev–Trinajstić information content (AvgIpc) is 3.45. The lowest BCUT2D eigenvalue weighted by Crippen LogP contribution is -2.37. The molecule has 2 fully saturated rings. The normalized spacial score (nSPS) is 20.8. The van der Waals surface area contributed by atoms with Crippen molar-refractivity contribution in [3.8, 4) is 17.2 Å². The predicted octanol–water partition coefficient (Wildman–Crippen LogP) is 4.93. The monoisotopic (exact) mass is 502 g/mol. The van der Waals surface area contributed by atoms with Gasteiger partial charge >= 0.3 is 0 Å². The molecule has 3 aromatic carbocycles. The molecular weight excluding hydrogens is 472 g/mol. The summed E-state index contributed by atoms with van der Waals surface area (Å²) in [6, 6.07) is 21.4. The van der Waals surface area contributed by atoms with Gasteiger partial charge in [-0.3, -0.25) is 14.4 Å². The summed E-state index contributed by atoms with van der Waals surface area (Å²) in [4.78, 5) is 34.8. The van der Waals surface area contributed by atoms with Crippen LogP contribution in [0.2, 0.25) is 0 Å². The lowest BCUT2D eigenvalue weighted by Gasteiger charge is -2.29. The molecule has 2 heterocycles. The fraction of sp³-hybridized carbons (Fsp3) is 0.310. The molecule has 0 unspecified atom stereocenters. The minimum atomic E-state index is -0.953. The number of amides is 2. The molecule has 0 saturated carbocycles. The molecule has 8 nitrogen and oxygen atoms in total. The first kappa shape index (κ1) is 24.6. The highest BCUT2D eigenvalue weighted by Crippen LogP contribution is 2.48. The van der Waals surface area contributed by atoms with Crippen molar-refractivity contribution in [3.05, 3.63) is 78.4 Å². The third-order valence-electron chi connectivity index (χ3n) is 6.74. The lowest BCUT2D eigenvalue weighted by atomic mass is 9.90. The van der Waals surface area contributed by atoms with Crippen molar-refractivity contribution in [2.75, 3.05) is 30.8 Å². The van der Waals surface area contributed by atoms with Gasteiger partial charge in [-0.1, -0.05) is 37.6 Å². The van der Waals surface area contributed by atoms with Gasteiger partial charge in [0, 0.05) is 0 Å². The van der Waals surface area contributed by atoms with Crippen LogP contribution in [-0.2, 0) is 14.4 Å². The second kappa shape index (κ2) is 10.5. The fourth-order valence-corrected chi connectivity index (χ4v) is 4.85. The van der Waals surface area contributed by atoms with E-state index in [1.54, 1.807) is 43.5 Å². The molecule has 2 aliphatic rings. The second-order valence-corrected chi connectivity index (χ2v) is 8.98. The maximum atomic E-state index is 13.8. The summed E-state index contributed by atoms with van der Waals surface area (Å²) < 4.78 is 16.8. The molecule has 2 saturated heterocycles. The number of hydrogen-bond acceptors (Lipinski definition) is 7. The van der Waals surface area contributed by atoms with Gasteiger partial charge in [-0.05, 0) is 60.5 Å². The van der Waals surface area contributed by atoms with E-state index in [4.69, 9.17) is 19.0 Å². The third-order valence-corrected chi connectivity index (χ3v) is 6.74. The summed E-state index contributed by atoms with van der Waals surface area (Å²) in [5.74, 6) is 0.386. The van der Waals surface area contributed by atoms with Crippen LogP contribution in [0.3, 0.4) is 0 Å². The second-order valence-electron chi connectivity index (χ2n) is 8.98. The highest BCUT2D eigenvalue weighted by molar-refractivity contribution is 6.23. The van der Waals surface area contributed by atoms with Gasteiger partial charge in [0.1, 0.15) is 11.7 Å². The van der Waals surface area contributed by atoms with Gasteiger partial charge in [0.05, 0.1) is 38.2 Å². The van der Waals surface area contributed by atoms with Crippen LogP contribution in [0.25, 0.3) is 0 Å². The van der Waals surface area contributed by atoms with Crippen molar-refractivity contribution >= 4 is 23.2 Å². The maximum absolute atomic E-state index is 13.8. The van der Waals surface area contributed by atoms with E-state index in [-0.39, 0.29) is 5.91 Å². The first-order chi connectivity index (χ1) is 18.1. The van der Waals surface area contributed by atoms with Crippen molar-refractivity contribution in [1.82, 2.24) is 0 Å². The SMILES string of the molecule is CCCCOc1ccc([C@H]2[C@H]3C(=O)N(c4ccc(OC)cc4)C(=O)[C@H]3ON2c2ccccc2)cc1OC. The van der Waals surface area contributed by atoms with E-state index in [1.165, 1.54) is 4.90 Å². The Morgan fingerprint density at radius 1 is 0.838 bits per heavy atom. The fourth-order valence-electron chi connectivity index (χ4n) is 4.85. The van der Waals surface area contributed by atoms with E-state index in [0.717, 1.165) is 24.1 Å². The Hall–Kier alpha value is -4.04. The number of fused-ring (bicyclic) bond motifs is 1. The number of hydroxylamine groups is 1. The number of ether oxygens (including phenoxy) is 3. The minimum Gasteiger partial charge on any atom is -0.497 e. The van der Waals surface area contributed by atoms with E-state index < -0.39 is 24.0 Å². The van der Waals surface area contributed by atoms with Crippen LogP contribution in [-0.4, -0.2) is 38.7 Å². The number of anilines is 2. The molecule has 3 atom stereocenters. The molecule has 8 heteroatoms. The lowest BCUT2D eigenvalue weighted by molar-refractivity contribution is -0.126. The molecule has 0 N–H and O–H groups in total. The highest BCUT2D eigenvalue weighted by Gasteiger charge is 2.60. The summed E-state index contributed by atoms with van der Waals surface area (Å²) in [6.07, 6.45) is 1.01. The largest absolute Gasteiger partial charge is 0.497 e. The van der Waals surface area contributed by atoms with Gasteiger partial charge in [-0.2, -0.15) is 0 Å². The van der Waals surface area contributed by atoms with Crippen LogP contribution >= 0.6 is 0 Å². The number of benzene rings is 3. The van der Waals surface area contributed by atoms with Crippen LogP contribution in [0, 0.1) is 5.92 Å². The number of carbonyl (C=O) groups is 2. The van der Waals surface area contributed by atoms with Crippen LogP contribution in [0.5, 0.6) is 17.2 Å². The summed E-state index contributed by atoms with van der Waals surface area (Å²) in [7, 11) is 3.15. The third kappa shape index (κ3) is 4.49. The summed E-state index contributed by atoms with van der Waals surface area (Å²) in [5.41, 5.74) is 2.02.